The van der Waals surface area contributed by atoms with E-state index >= 15 is 0 Å². The normalized spacial score (nSPS) is 33.3. The van der Waals surface area contributed by atoms with Crippen LogP contribution in [0.3, 0.4) is 0 Å². The lowest BCUT2D eigenvalue weighted by atomic mass is 9.48. The highest BCUT2D eigenvalue weighted by Crippen LogP contribution is 2.61. The second-order valence-corrected chi connectivity index (χ2v) is 10.3. The fourth-order valence-electron chi connectivity index (χ4n) is 6.97. The second kappa shape index (κ2) is 8.46. The van der Waals surface area contributed by atoms with Crippen LogP contribution >= 0.6 is 0 Å². The number of ether oxygens (including phenoxy) is 2. The zero-order valence-corrected chi connectivity index (χ0v) is 19.1. The van der Waals surface area contributed by atoms with Gasteiger partial charge in [0, 0.05) is 25.2 Å². The summed E-state index contributed by atoms with van der Waals surface area (Å²) in [4.78, 5) is 38.0. The predicted octanol–water partition coefficient (Wildman–Crippen LogP) is 3.46. The third-order valence-corrected chi connectivity index (χ3v) is 8.17. The summed E-state index contributed by atoms with van der Waals surface area (Å²) in [6.45, 7) is 0.879. The van der Waals surface area contributed by atoms with E-state index in [9.17, 15) is 19.7 Å². The van der Waals surface area contributed by atoms with Crippen LogP contribution in [0, 0.1) is 44.6 Å². The van der Waals surface area contributed by atoms with E-state index in [2.05, 4.69) is 5.32 Å². The van der Waals surface area contributed by atoms with E-state index in [1.807, 2.05) is 6.07 Å². The molecule has 1 amide bonds. The van der Waals surface area contributed by atoms with Crippen LogP contribution in [-0.2, 0) is 14.3 Å². The number of nitriles is 1. The van der Waals surface area contributed by atoms with Gasteiger partial charge in [0.15, 0.2) is 0 Å². The van der Waals surface area contributed by atoms with Crippen LogP contribution in [0.15, 0.2) is 18.2 Å². The van der Waals surface area contributed by atoms with E-state index in [0.29, 0.717) is 31.1 Å². The van der Waals surface area contributed by atoms with Crippen LogP contribution in [-0.4, -0.2) is 54.2 Å². The molecule has 1 aliphatic heterocycles. The van der Waals surface area contributed by atoms with Gasteiger partial charge in [0.2, 0.25) is 0 Å². The van der Waals surface area contributed by atoms with Gasteiger partial charge in [0.05, 0.1) is 29.1 Å². The Morgan fingerprint density at radius 1 is 1.26 bits per heavy atom. The molecule has 1 saturated heterocycles. The van der Waals surface area contributed by atoms with Crippen molar-refractivity contribution in [2.45, 2.75) is 50.7 Å². The summed E-state index contributed by atoms with van der Waals surface area (Å²) in [5.74, 6) is 0.747. The maximum absolute atomic E-state index is 13.0. The molecular weight excluding hydrogens is 440 g/mol. The molecule has 0 aromatic heterocycles. The maximum Gasteiger partial charge on any atom is 0.410 e. The first kappa shape index (κ1) is 22.4. The zero-order valence-electron chi connectivity index (χ0n) is 19.1. The average Bonchev–Trinajstić information content (AvgIpc) is 3.29. The summed E-state index contributed by atoms with van der Waals surface area (Å²) in [6.07, 6.45) is 4.40. The number of hydrogen-bond donors (Lipinski definition) is 1. The van der Waals surface area contributed by atoms with Gasteiger partial charge in [-0.1, -0.05) is 0 Å². The first-order valence-corrected chi connectivity index (χ1v) is 11.8. The molecule has 4 saturated carbocycles. The summed E-state index contributed by atoms with van der Waals surface area (Å²) >= 11 is 0. The van der Waals surface area contributed by atoms with E-state index < -0.39 is 10.3 Å². The molecule has 1 aromatic rings. The molecular formula is C24H28N4O6. The second-order valence-electron chi connectivity index (χ2n) is 10.3. The summed E-state index contributed by atoms with van der Waals surface area (Å²) in [6, 6.07) is 6.07. The van der Waals surface area contributed by atoms with Gasteiger partial charge in [-0.05, 0) is 68.4 Å². The number of benzene rings is 1. The third-order valence-electron chi connectivity index (χ3n) is 8.17. The van der Waals surface area contributed by atoms with Gasteiger partial charge in [0.1, 0.15) is 11.8 Å². The van der Waals surface area contributed by atoms with Crippen molar-refractivity contribution in [1.82, 2.24) is 4.90 Å². The molecule has 0 radical (unpaired) electrons. The monoisotopic (exact) mass is 468 g/mol. The number of rotatable bonds is 5. The predicted molar refractivity (Wildman–Crippen MR) is 120 cm³/mol. The number of carbonyl (C=O) groups excluding carboxylic acids is 2. The Bertz CT molecular complexity index is 1050. The summed E-state index contributed by atoms with van der Waals surface area (Å²) in [7, 11) is 1.45. The van der Waals surface area contributed by atoms with Crippen molar-refractivity contribution < 1.29 is 24.0 Å². The van der Waals surface area contributed by atoms with Crippen molar-refractivity contribution in [2.24, 2.45) is 23.2 Å². The number of carbonyl (C=O) groups is 2. The van der Waals surface area contributed by atoms with Crippen molar-refractivity contribution >= 4 is 23.4 Å². The number of nitrogens with one attached hydrogen (secondary N) is 1. The van der Waals surface area contributed by atoms with Crippen molar-refractivity contribution in [3.63, 3.8) is 0 Å². The van der Waals surface area contributed by atoms with Gasteiger partial charge in [-0.15, -0.1) is 0 Å². The molecule has 6 rings (SSSR count). The zero-order chi connectivity index (χ0) is 24.0. The number of nitrogens with zero attached hydrogens (tertiary/aromatic N) is 3. The number of anilines is 1. The molecule has 180 valence electrons. The molecule has 10 heteroatoms. The van der Waals surface area contributed by atoms with Gasteiger partial charge < -0.3 is 19.7 Å². The van der Waals surface area contributed by atoms with Gasteiger partial charge in [-0.25, -0.2) is 4.79 Å². The minimum atomic E-state index is -0.516. The topological polar surface area (TPSA) is 135 Å². The highest BCUT2D eigenvalue weighted by Gasteiger charge is 2.60. The van der Waals surface area contributed by atoms with Crippen molar-refractivity contribution in [1.29, 1.82) is 5.26 Å². The number of likely N-dealkylation sites (tertiary alicyclic amines) is 1. The lowest BCUT2D eigenvalue weighted by Gasteiger charge is -2.57. The first-order chi connectivity index (χ1) is 16.3. The Kier molecular flexibility index (Phi) is 5.58. The van der Waals surface area contributed by atoms with E-state index in [-0.39, 0.29) is 47.3 Å². The molecule has 3 atom stereocenters. The van der Waals surface area contributed by atoms with Gasteiger partial charge in [-0.3, -0.25) is 14.9 Å². The SMILES string of the molecule is COC(=O)C12CC3CC(C1)C(OC(=O)N1CCC(Nc4ccc(C#N)cc4[N+](=O)[O-])C1)C(C3)C2. The Morgan fingerprint density at radius 3 is 2.65 bits per heavy atom. The Balaban J connectivity index is 1.21. The molecule has 1 heterocycles. The number of hydrogen-bond acceptors (Lipinski definition) is 8. The van der Waals surface area contributed by atoms with Crippen LogP contribution in [0.2, 0.25) is 0 Å². The standard InChI is InChI=1S/C24H28N4O6/c1-33-22(29)24-9-15-6-16(10-24)21(17(7-15)11-24)34-23(30)27-5-4-18(13-27)26-19-3-2-14(12-25)8-20(19)28(31)32/h2-3,8,15-18,21,26H,4-7,9-11,13H2,1H3. The van der Waals surface area contributed by atoms with Crippen LogP contribution < -0.4 is 5.32 Å². The summed E-state index contributed by atoms with van der Waals surface area (Å²) < 4.78 is 11.1. The summed E-state index contributed by atoms with van der Waals surface area (Å²) in [5.41, 5.74) is -0.0165. The van der Waals surface area contributed by atoms with E-state index in [4.69, 9.17) is 14.7 Å². The highest BCUT2D eigenvalue weighted by molar-refractivity contribution is 5.77. The molecule has 1 N–H and O–H groups in total. The molecule has 4 aliphatic carbocycles. The highest BCUT2D eigenvalue weighted by atomic mass is 16.6. The quantitative estimate of drug-likeness (QED) is 0.394. The number of nitro benzene ring substituents is 1. The number of esters is 1. The number of nitro groups is 1. The largest absolute Gasteiger partial charge is 0.469 e. The van der Waals surface area contributed by atoms with Crippen molar-refractivity contribution in [3.05, 3.63) is 33.9 Å². The Morgan fingerprint density at radius 2 is 2.00 bits per heavy atom. The lowest BCUT2D eigenvalue weighted by molar-refractivity contribution is -0.384. The maximum atomic E-state index is 13.0. The molecule has 10 nitrogen and oxygen atoms in total. The Hall–Kier alpha value is -3.35. The van der Waals surface area contributed by atoms with Gasteiger partial charge >= 0.3 is 12.1 Å². The fraction of sp³-hybridized carbons (Fsp3) is 0.625. The molecule has 5 fully saturated rings. The average molecular weight is 469 g/mol. The minimum absolute atomic E-state index is 0.123. The van der Waals surface area contributed by atoms with Crippen LogP contribution in [0.4, 0.5) is 16.2 Å². The lowest BCUT2D eigenvalue weighted by Crippen LogP contribution is -2.58. The molecule has 5 aliphatic rings. The smallest absolute Gasteiger partial charge is 0.410 e. The number of methoxy groups -OCH3 is 1. The van der Waals surface area contributed by atoms with Crippen molar-refractivity contribution in [3.8, 4) is 6.07 Å². The van der Waals surface area contributed by atoms with Crippen LogP contribution in [0.1, 0.15) is 44.1 Å². The van der Waals surface area contributed by atoms with Crippen LogP contribution in [0.5, 0.6) is 0 Å². The molecule has 1 aromatic carbocycles. The molecule has 34 heavy (non-hydrogen) atoms. The van der Waals surface area contributed by atoms with E-state index in [1.165, 1.54) is 25.3 Å². The van der Waals surface area contributed by atoms with E-state index in [0.717, 1.165) is 32.1 Å². The first-order valence-electron chi connectivity index (χ1n) is 11.8. The van der Waals surface area contributed by atoms with Gasteiger partial charge in [-0.2, -0.15) is 5.26 Å². The summed E-state index contributed by atoms with van der Waals surface area (Å²) in [5, 5.41) is 23.6. The minimum Gasteiger partial charge on any atom is -0.469 e. The molecule has 3 unspecified atom stereocenters. The van der Waals surface area contributed by atoms with E-state index in [1.54, 1.807) is 4.90 Å². The molecule has 0 spiro atoms. The van der Waals surface area contributed by atoms with Gasteiger partial charge in [0.25, 0.3) is 5.69 Å². The molecule has 4 bridgehead atoms. The fourth-order valence-corrected chi connectivity index (χ4v) is 6.97. The van der Waals surface area contributed by atoms with Crippen LogP contribution in [0.25, 0.3) is 0 Å². The Labute approximate surface area is 197 Å². The third kappa shape index (κ3) is 3.83. The van der Waals surface area contributed by atoms with Crippen molar-refractivity contribution in [2.75, 3.05) is 25.5 Å². The number of amides is 1.